The molecule has 2 rings (SSSR count). The predicted octanol–water partition coefficient (Wildman–Crippen LogP) is 4.67. The van der Waals surface area contributed by atoms with Crippen LogP contribution < -0.4 is 5.32 Å². The van der Waals surface area contributed by atoms with Crippen molar-refractivity contribution >= 4 is 23.4 Å². The summed E-state index contributed by atoms with van der Waals surface area (Å²) in [6.07, 6.45) is 0. The van der Waals surface area contributed by atoms with Gasteiger partial charge in [0.05, 0.1) is 0 Å². The van der Waals surface area contributed by atoms with Crippen molar-refractivity contribution in [3.05, 3.63) is 59.4 Å². The summed E-state index contributed by atoms with van der Waals surface area (Å²) in [5.74, 6) is -8.17. The van der Waals surface area contributed by atoms with E-state index in [1.807, 2.05) is 0 Å². The molecular formula is C14H8F5NOS. The van der Waals surface area contributed by atoms with Crippen LogP contribution in [-0.4, -0.2) is 11.7 Å². The van der Waals surface area contributed by atoms with E-state index in [4.69, 9.17) is 0 Å². The van der Waals surface area contributed by atoms with Crippen molar-refractivity contribution in [1.82, 2.24) is 0 Å². The van der Waals surface area contributed by atoms with Gasteiger partial charge in [0.25, 0.3) is 11.7 Å². The van der Waals surface area contributed by atoms with E-state index in [1.165, 1.54) is 24.3 Å². The van der Waals surface area contributed by atoms with Crippen molar-refractivity contribution in [2.45, 2.75) is 10.7 Å². The van der Waals surface area contributed by atoms with Crippen molar-refractivity contribution in [2.24, 2.45) is 0 Å². The third-order valence-corrected chi connectivity index (χ3v) is 3.27. The third kappa shape index (κ3) is 3.97. The minimum atomic E-state index is -2.62. The van der Waals surface area contributed by atoms with Crippen LogP contribution in [0.2, 0.25) is 0 Å². The zero-order chi connectivity index (χ0) is 16.3. The normalized spacial score (nSPS) is 10.8. The Kier molecular flexibility index (Phi) is 5.02. The lowest BCUT2D eigenvalue weighted by atomic mass is 10.2. The molecule has 0 saturated heterocycles. The van der Waals surface area contributed by atoms with E-state index in [9.17, 15) is 26.7 Å². The number of rotatable bonds is 4. The fourth-order valence-electron chi connectivity index (χ4n) is 1.64. The minimum absolute atomic E-state index is 0.167. The zero-order valence-corrected chi connectivity index (χ0v) is 11.6. The molecule has 22 heavy (non-hydrogen) atoms. The Balaban J connectivity index is 2.18. The Morgan fingerprint density at radius 2 is 1.68 bits per heavy atom. The predicted molar refractivity (Wildman–Crippen MR) is 72.6 cm³/mol. The van der Waals surface area contributed by atoms with Gasteiger partial charge in [-0.1, -0.05) is 17.8 Å². The number of carbonyl (C=O) groups is 1. The lowest BCUT2D eigenvalue weighted by Gasteiger charge is -2.08. The van der Waals surface area contributed by atoms with Crippen LogP contribution in [0.5, 0.6) is 0 Å². The molecule has 0 aliphatic carbocycles. The van der Waals surface area contributed by atoms with Crippen molar-refractivity contribution < 1.29 is 26.7 Å². The number of anilines is 1. The lowest BCUT2D eigenvalue weighted by molar-refractivity contribution is 0.102. The van der Waals surface area contributed by atoms with E-state index in [0.29, 0.717) is 12.1 Å². The highest BCUT2D eigenvalue weighted by molar-refractivity contribution is 7.99. The molecule has 8 heteroatoms. The number of nitrogens with one attached hydrogen (secondary N) is 1. The first-order valence-corrected chi connectivity index (χ1v) is 6.75. The molecule has 0 unspecified atom stereocenters. The van der Waals surface area contributed by atoms with Crippen LogP contribution in [0, 0.1) is 17.5 Å². The van der Waals surface area contributed by atoms with Crippen LogP contribution in [0.1, 0.15) is 10.4 Å². The second-order valence-electron chi connectivity index (χ2n) is 4.11. The highest BCUT2D eigenvalue weighted by Crippen LogP contribution is 2.27. The summed E-state index contributed by atoms with van der Waals surface area (Å²) >= 11 is 0.288. The molecule has 2 aromatic carbocycles. The average Bonchev–Trinajstić information content (AvgIpc) is 2.43. The number of benzene rings is 2. The Hall–Kier alpha value is -2.09. The molecule has 0 aliphatic heterocycles. The van der Waals surface area contributed by atoms with Crippen LogP contribution >= 0.6 is 11.8 Å². The molecule has 0 fully saturated rings. The monoisotopic (exact) mass is 333 g/mol. The van der Waals surface area contributed by atoms with E-state index in [2.05, 4.69) is 5.32 Å². The van der Waals surface area contributed by atoms with Crippen LogP contribution in [-0.2, 0) is 0 Å². The fourth-order valence-corrected chi connectivity index (χ4v) is 2.20. The number of carbonyl (C=O) groups excluding carboxylic acids is 1. The van der Waals surface area contributed by atoms with E-state index in [1.54, 1.807) is 0 Å². The van der Waals surface area contributed by atoms with Crippen molar-refractivity contribution in [3.63, 3.8) is 0 Å². The van der Waals surface area contributed by atoms with Gasteiger partial charge in [0, 0.05) is 16.1 Å². The summed E-state index contributed by atoms with van der Waals surface area (Å²) < 4.78 is 63.5. The van der Waals surface area contributed by atoms with Gasteiger partial charge >= 0.3 is 0 Å². The molecule has 0 radical (unpaired) electrons. The van der Waals surface area contributed by atoms with Crippen LogP contribution in [0.15, 0.2) is 41.3 Å². The summed E-state index contributed by atoms with van der Waals surface area (Å²) in [6.45, 7) is 0. The third-order valence-electron chi connectivity index (χ3n) is 2.56. The Morgan fingerprint density at radius 3 is 2.27 bits per heavy atom. The molecule has 0 spiro atoms. The quantitative estimate of drug-likeness (QED) is 0.500. The molecule has 0 aliphatic rings. The molecule has 0 aromatic heterocycles. The molecular weight excluding hydrogens is 325 g/mol. The number of amides is 1. The van der Waals surface area contributed by atoms with Crippen molar-refractivity contribution in [3.8, 4) is 0 Å². The maximum atomic E-state index is 13.1. The van der Waals surface area contributed by atoms with E-state index >= 15 is 0 Å². The highest BCUT2D eigenvalue weighted by Gasteiger charge is 2.15. The standard InChI is InChI=1S/C14H8F5NOS/c15-10-4-7(5-11(16)12(10)17)13(21)20-8-2-1-3-9(6-8)22-14(18)19/h1-6,14H,(H,20,21). The van der Waals surface area contributed by atoms with Crippen LogP contribution in [0.4, 0.5) is 27.6 Å². The lowest BCUT2D eigenvalue weighted by Crippen LogP contribution is -2.13. The molecule has 2 aromatic rings. The van der Waals surface area contributed by atoms with Gasteiger partial charge in [-0.25, -0.2) is 13.2 Å². The first kappa shape index (κ1) is 16.3. The number of hydrogen-bond donors (Lipinski definition) is 1. The van der Waals surface area contributed by atoms with Gasteiger partial charge < -0.3 is 5.32 Å². The van der Waals surface area contributed by atoms with Crippen LogP contribution in [0.3, 0.4) is 0 Å². The Morgan fingerprint density at radius 1 is 1.05 bits per heavy atom. The molecule has 2 nitrogen and oxygen atoms in total. The van der Waals surface area contributed by atoms with Crippen molar-refractivity contribution in [2.75, 3.05) is 5.32 Å². The SMILES string of the molecule is O=C(Nc1cccc(SC(F)F)c1)c1cc(F)c(F)c(F)c1. The van der Waals surface area contributed by atoms with Gasteiger partial charge in [-0.2, -0.15) is 8.78 Å². The first-order chi connectivity index (χ1) is 10.4. The van der Waals surface area contributed by atoms with E-state index in [-0.39, 0.29) is 22.3 Å². The number of thioether (sulfide) groups is 1. The molecule has 1 N–H and O–H groups in total. The minimum Gasteiger partial charge on any atom is -0.322 e. The molecule has 116 valence electrons. The van der Waals surface area contributed by atoms with Gasteiger partial charge in [-0.05, 0) is 30.3 Å². The second kappa shape index (κ2) is 6.78. The highest BCUT2D eigenvalue weighted by atomic mass is 32.2. The molecule has 1 amide bonds. The van der Waals surface area contributed by atoms with E-state index < -0.39 is 34.7 Å². The summed E-state index contributed by atoms with van der Waals surface area (Å²) in [5, 5.41) is 2.29. The van der Waals surface area contributed by atoms with Gasteiger partial charge in [0.1, 0.15) is 0 Å². The number of hydrogen-bond acceptors (Lipinski definition) is 2. The maximum absolute atomic E-state index is 13.1. The maximum Gasteiger partial charge on any atom is 0.288 e. The van der Waals surface area contributed by atoms with Crippen LogP contribution in [0.25, 0.3) is 0 Å². The van der Waals surface area contributed by atoms with Gasteiger partial charge in [-0.15, -0.1) is 0 Å². The Labute approximate surface area is 126 Å². The van der Waals surface area contributed by atoms with Gasteiger partial charge in [0.15, 0.2) is 17.5 Å². The topological polar surface area (TPSA) is 29.1 Å². The number of halogens is 5. The smallest absolute Gasteiger partial charge is 0.288 e. The summed E-state index contributed by atoms with van der Waals surface area (Å²) in [5.41, 5.74) is -0.260. The molecule has 0 atom stereocenters. The van der Waals surface area contributed by atoms with E-state index in [0.717, 1.165) is 0 Å². The second-order valence-corrected chi connectivity index (χ2v) is 5.18. The van der Waals surface area contributed by atoms with Gasteiger partial charge in [-0.3, -0.25) is 4.79 Å². The molecule has 0 bridgehead atoms. The summed E-state index contributed by atoms with van der Waals surface area (Å²) in [6, 6.07) is 6.65. The molecule has 0 saturated carbocycles. The average molecular weight is 333 g/mol. The molecule has 0 heterocycles. The largest absolute Gasteiger partial charge is 0.322 e. The van der Waals surface area contributed by atoms with Gasteiger partial charge in [0.2, 0.25) is 0 Å². The summed E-state index contributed by atoms with van der Waals surface area (Å²) in [4.78, 5) is 12.1. The zero-order valence-electron chi connectivity index (χ0n) is 10.7. The van der Waals surface area contributed by atoms with Crippen molar-refractivity contribution in [1.29, 1.82) is 0 Å². The Bertz CT molecular complexity index is 684. The first-order valence-electron chi connectivity index (χ1n) is 5.87. The number of alkyl halides is 2. The summed E-state index contributed by atoms with van der Waals surface area (Å²) in [7, 11) is 0. The fraction of sp³-hybridized carbons (Fsp3) is 0.0714.